The Balaban J connectivity index is 2.34. The van der Waals surface area contributed by atoms with E-state index in [0.717, 1.165) is 0 Å². The van der Waals surface area contributed by atoms with E-state index in [1.807, 2.05) is 0 Å². The molecule has 1 heterocycles. The first kappa shape index (κ1) is 11.3. The van der Waals surface area contributed by atoms with E-state index in [0.29, 0.717) is 17.0 Å². The summed E-state index contributed by atoms with van der Waals surface area (Å²) >= 11 is 0. The SMILES string of the molecule is Cc1oc(-c2ccc(F)cc2)nc1CC(=O)[O-]. The second-order valence-corrected chi connectivity index (χ2v) is 3.58. The Kier molecular flexibility index (Phi) is 2.91. The summed E-state index contributed by atoms with van der Waals surface area (Å²) in [5.41, 5.74) is 0.920. The lowest BCUT2D eigenvalue weighted by Gasteiger charge is -1.96. The molecule has 5 heteroatoms. The van der Waals surface area contributed by atoms with Gasteiger partial charge in [-0.15, -0.1) is 0 Å². The first-order chi connectivity index (χ1) is 8.06. The van der Waals surface area contributed by atoms with E-state index in [1.165, 1.54) is 24.3 Å². The lowest BCUT2D eigenvalue weighted by atomic mass is 10.2. The molecule has 0 amide bonds. The number of aromatic nitrogens is 1. The number of rotatable bonds is 3. The quantitative estimate of drug-likeness (QED) is 0.797. The van der Waals surface area contributed by atoms with Crippen LogP contribution in [0.15, 0.2) is 28.7 Å². The van der Waals surface area contributed by atoms with Gasteiger partial charge in [0, 0.05) is 18.0 Å². The first-order valence-electron chi connectivity index (χ1n) is 4.98. The van der Waals surface area contributed by atoms with Crippen molar-refractivity contribution in [1.29, 1.82) is 0 Å². The molecule has 0 saturated heterocycles. The van der Waals surface area contributed by atoms with Gasteiger partial charge in [-0.05, 0) is 31.2 Å². The molecule has 1 aromatic carbocycles. The van der Waals surface area contributed by atoms with Crippen molar-refractivity contribution in [1.82, 2.24) is 4.98 Å². The average Bonchev–Trinajstić information content (AvgIpc) is 2.60. The highest BCUT2D eigenvalue weighted by Crippen LogP contribution is 2.22. The molecule has 0 bridgehead atoms. The van der Waals surface area contributed by atoms with E-state index in [-0.39, 0.29) is 18.1 Å². The molecule has 0 fully saturated rings. The van der Waals surface area contributed by atoms with E-state index < -0.39 is 5.97 Å². The lowest BCUT2D eigenvalue weighted by Crippen LogP contribution is -2.24. The number of carboxylic acids is 1. The van der Waals surface area contributed by atoms with Crippen LogP contribution < -0.4 is 5.11 Å². The zero-order chi connectivity index (χ0) is 12.4. The zero-order valence-electron chi connectivity index (χ0n) is 9.07. The third-order valence-corrected chi connectivity index (χ3v) is 2.30. The predicted octanol–water partition coefficient (Wildman–Crippen LogP) is 1.08. The monoisotopic (exact) mass is 234 g/mol. The second kappa shape index (κ2) is 4.37. The Morgan fingerprint density at radius 1 is 1.41 bits per heavy atom. The molecule has 88 valence electrons. The Morgan fingerprint density at radius 2 is 2.06 bits per heavy atom. The van der Waals surface area contributed by atoms with Crippen LogP contribution in [0.2, 0.25) is 0 Å². The number of oxazole rings is 1. The van der Waals surface area contributed by atoms with Gasteiger partial charge in [-0.1, -0.05) is 0 Å². The standard InChI is InChI=1S/C12H10FNO3/c1-7-10(6-11(15)16)14-12(17-7)8-2-4-9(13)5-3-8/h2-5H,6H2,1H3,(H,15,16)/p-1. The Bertz CT molecular complexity index is 545. The van der Waals surface area contributed by atoms with Crippen molar-refractivity contribution in [2.45, 2.75) is 13.3 Å². The van der Waals surface area contributed by atoms with Gasteiger partial charge in [-0.25, -0.2) is 9.37 Å². The normalized spacial score (nSPS) is 10.5. The number of carboxylic acid groups (broad SMARTS) is 1. The molecule has 0 saturated carbocycles. The Labute approximate surface area is 96.7 Å². The number of halogens is 1. The first-order valence-corrected chi connectivity index (χ1v) is 4.98. The van der Waals surface area contributed by atoms with Crippen LogP contribution in [0, 0.1) is 12.7 Å². The van der Waals surface area contributed by atoms with Crippen molar-refractivity contribution < 1.29 is 18.7 Å². The second-order valence-electron chi connectivity index (χ2n) is 3.58. The summed E-state index contributed by atoms with van der Waals surface area (Å²) in [5, 5.41) is 10.5. The molecular weight excluding hydrogens is 225 g/mol. The fourth-order valence-electron chi connectivity index (χ4n) is 1.44. The third kappa shape index (κ3) is 2.50. The van der Waals surface area contributed by atoms with Gasteiger partial charge in [0.2, 0.25) is 5.89 Å². The van der Waals surface area contributed by atoms with Gasteiger partial charge >= 0.3 is 0 Å². The molecule has 0 N–H and O–H groups in total. The maximum Gasteiger partial charge on any atom is 0.226 e. The number of hydrogen-bond acceptors (Lipinski definition) is 4. The van der Waals surface area contributed by atoms with Gasteiger partial charge in [0.25, 0.3) is 0 Å². The van der Waals surface area contributed by atoms with Gasteiger partial charge < -0.3 is 14.3 Å². The number of aryl methyl sites for hydroxylation is 1. The molecule has 0 atom stereocenters. The minimum atomic E-state index is -1.22. The van der Waals surface area contributed by atoms with E-state index in [1.54, 1.807) is 6.92 Å². The van der Waals surface area contributed by atoms with Gasteiger partial charge in [0.1, 0.15) is 11.6 Å². The minimum absolute atomic E-state index is 0.277. The van der Waals surface area contributed by atoms with Gasteiger partial charge in [-0.3, -0.25) is 0 Å². The fourth-order valence-corrected chi connectivity index (χ4v) is 1.44. The maximum absolute atomic E-state index is 12.7. The molecule has 2 rings (SSSR count). The summed E-state index contributed by atoms with van der Waals surface area (Å²) in [4.78, 5) is 14.5. The molecule has 0 radical (unpaired) electrons. The topological polar surface area (TPSA) is 66.2 Å². The molecule has 0 unspecified atom stereocenters. The van der Waals surface area contributed by atoms with Crippen molar-refractivity contribution >= 4 is 5.97 Å². The van der Waals surface area contributed by atoms with E-state index in [4.69, 9.17) is 4.42 Å². The van der Waals surface area contributed by atoms with Crippen molar-refractivity contribution in [3.63, 3.8) is 0 Å². The van der Waals surface area contributed by atoms with Crippen LogP contribution in [0.5, 0.6) is 0 Å². The minimum Gasteiger partial charge on any atom is -0.550 e. The average molecular weight is 234 g/mol. The smallest absolute Gasteiger partial charge is 0.226 e. The third-order valence-electron chi connectivity index (χ3n) is 2.30. The predicted molar refractivity (Wildman–Crippen MR) is 55.3 cm³/mol. The highest BCUT2D eigenvalue weighted by molar-refractivity contribution is 5.68. The number of hydrogen-bond donors (Lipinski definition) is 0. The van der Waals surface area contributed by atoms with Crippen LogP contribution in [0.1, 0.15) is 11.5 Å². The number of carbonyl (C=O) groups excluding carboxylic acids is 1. The molecule has 0 aliphatic rings. The summed E-state index contributed by atoms with van der Waals surface area (Å²) in [6, 6.07) is 5.60. The largest absolute Gasteiger partial charge is 0.550 e. The summed E-state index contributed by atoms with van der Waals surface area (Å²) in [7, 11) is 0. The number of benzene rings is 1. The summed E-state index contributed by atoms with van der Waals surface area (Å²) < 4.78 is 18.0. The van der Waals surface area contributed by atoms with Crippen molar-refractivity contribution in [2.75, 3.05) is 0 Å². The molecule has 0 aliphatic heterocycles. The van der Waals surface area contributed by atoms with Crippen LogP contribution in [0.4, 0.5) is 4.39 Å². The summed E-state index contributed by atoms with van der Waals surface area (Å²) in [6.45, 7) is 1.62. The zero-order valence-corrected chi connectivity index (χ0v) is 9.07. The van der Waals surface area contributed by atoms with Crippen LogP contribution in [-0.4, -0.2) is 11.0 Å². The van der Waals surface area contributed by atoms with Crippen LogP contribution in [0.25, 0.3) is 11.5 Å². The van der Waals surface area contributed by atoms with E-state index in [2.05, 4.69) is 4.98 Å². The number of aliphatic carboxylic acids is 1. The Morgan fingerprint density at radius 3 is 2.65 bits per heavy atom. The molecule has 0 spiro atoms. The molecule has 4 nitrogen and oxygen atoms in total. The van der Waals surface area contributed by atoms with Crippen molar-refractivity contribution in [2.24, 2.45) is 0 Å². The number of carbonyl (C=O) groups is 1. The highest BCUT2D eigenvalue weighted by Gasteiger charge is 2.11. The van der Waals surface area contributed by atoms with Gasteiger partial charge in [-0.2, -0.15) is 0 Å². The molecule has 0 aliphatic carbocycles. The summed E-state index contributed by atoms with van der Waals surface area (Å²) in [5.74, 6) is -0.869. The number of nitrogens with zero attached hydrogens (tertiary/aromatic N) is 1. The fraction of sp³-hybridized carbons (Fsp3) is 0.167. The van der Waals surface area contributed by atoms with Crippen LogP contribution in [-0.2, 0) is 11.2 Å². The van der Waals surface area contributed by atoms with Gasteiger partial charge in [0.05, 0.1) is 5.69 Å². The van der Waals surface area contributed by atoms with E-state index >= 15 is 0 Å². The van der Waals surface area contributed by atoms with Crippen LogP contribution in [0.3, 0.4) is 0 Å². The lowest BCUT2D eigenvalue weighted by molar-refractivity contribution is -0.304. The van der Waals surface area contributed by atoms with Gasteiger partial charge in [0.15, 0.2) is 0 Å². The van der Waals surface area contributed by atoms with Crippen molar-refractivity contribution in [3.8, 4) is 11.5 Å². The summed E-state index contributed by atoms with van der Waals surface area (Å²) in [6.07, 6.45) is -0.295. The molecule has 1 aromatic heterocycles. The molecule has 17 heavy (non-hydrogen) atoms. The Hall–Kier alpha value is -2.17. The van der Waals surface area contributed by atoms with E-state index in [9.17, 15) is 14.3 Å². The maximum atomic E-state index is 12.7. The molecule has 2 aromatic rings. The van der Waals surface area contributed by atoms with Crippen molar-refractivity contribution in [3.05, 3.63) is 41.5 Å². The molecular formula is C12H9FNO3-. The highest BCUT2D eigenvalue weighted by atomic mass is 19.1. The van der Waals surface area contributed by atoms with Crippen LogP contribution >= 0.6 is 0 Å².